The summed E-state index contributed by atoms with van der Waals surface area (Å²) in [6, 6.07) is 0. The molecule has 0 aromatic rings. The van der Waals surface area contributed by atoms with Gasteiger partial charge >= 0.3 is 6.09 Å². The van der Waals surface area contributed by atoms with Gasteiger partial charge in [-0.2, -0.15) is 0 Å². The van der Waals surface area contributed by atoms with E-state index in [1.165, 1.54) is 0 Å². The average molecular weight is 395 g/mol. The molecule has 0 aliphatic carbocycles. The number of carbonyl (C=O) groups is 1. The molecule has 0 aromatic heterocycles. The molecule has 4 fully saturated rings. The number of alkyl halides is 1. The fourth-order valence-electron chi connectivity index (χ4n) is 3.66. The molecule has 4 heterocycles. The third-order valence-corrected chi connectivity index (χ3v) is 6.20. The number of rotatable bonds is 1. The van der Waals surface area contributed by atoms with Gasteiger partial charge < -0.3 is 14.2 Å². The lowest BCUT2D eigenvalue weighted by Crippen LogP contribution is -2.66. The van der Waals surface area contributed by atoms with Crippen molar-refractivity contribution in [2.24, 2.45) is 11.8 Å². The van der Waals surface area contributed by atoms with E-state index in [9.17, 15) is 4.79 Å². The Hall–Kier alpha value is -0.0800. The van der Waals surface area contributed by atoms with Crippen LogP contribution in [0.2, 0.25) is 0 Å². The van der Waals surface area contributed by atoms with E-state index in [0.29, 0.717) is 5.92 Å². The third-order valence-electron chi connectivity index (χ3n) is 4.57. The number of alkyl carbamates (subject to hydrolysis) is 1. The van der Waals surface area contributed by atoms with E-state index >= 15 is 0 Å². The van der Waals surface area contributed by atoms with Gasteiger partial charge in [-0.3, -0.25) is 5.32 Å². The van der Waals surface area contributed by atoms with Crippen LogP contribution >= 0.6 is 22.6 Å². The van der Waals surface area contributed by atoms with Gasteiger partial charge in [-0.05, 0) is 20.8 Å². The molecule has 0 radical (unpaired) electrons. The average Bonchev–Trinajstić information content (AvgIpc) is 2.66. The van der Waals surface area contributed by atoms with Crippen LogP contribution < -0.4 is 5.32 Å². The zero-order chi connectivity index (χ0) is 14.9. The molecule has 6 heteroatoms. The molecular formula is C14H22INO4. The second-order valence-corrected chi connectivity index (χ2v) is 8.46. The zero-order valence-corrected chi connectivity index (χ0v) is 14.6. The molecule has 4 rings (SSSR count). The first-order chi connectivity index (χ1) is 9.16. The van der Waals surface area contributed by atoms with Crippen LogP contribution in [0, 0.1) is 11.8 Å². The number of ether oxygens (including phenoxy) is 3. The molecule has 7 atom stereocenters. The highest BCUT2D eigenvalue weighted by Gasteiger charge is 2.71. The number of carbonyl (C=O) groups excluding carboxylic acids is 1. The van der Waals surface area contributed by atoms with Crippen molar-refractivity contribution in [1.82, 2.24) is 5.32 Å². The monoisotopic (exact) mass is 395 g/mol. The largest absolute Gasteiger partial charge is 0.444 e. The summed E-state index contributed by atoms with van der Waals surface area (Å²) in [5.74, 6) is 0.491. The highest BCUT2D eigenvalue weighted by atomic mass is 127. The van der Waals surface area contributed by atoms with Crippen molar-refractivity contribution < 1.29 is 19.0 Å². The summed E-state index contributed by atoms with van der Waals surface area (Å²) >= 11 is 2.34. The van der Waals surface area contributed by atoms with Gasteiger partial charge in [-0.1, -0.05) is 36.4 Å². The minimum absolute atomic E-state index is 0.0711. The fourth-order valence-corrected chi connectivity index (χ4v) is 5.11. The van der Waals surface area contributed by atoms with Crippen LogP contribution in [0.15, 0.2) is 0 Å². The van der Waals surface area contributed by atoms with Gasteiger partial charge in [0.1, 0.15) is 11.7 Å². The topological polar surface area (TPSA) is 56.8 Å². The molecule has 1 N–H and O–H groups in total. The van der Waals surface area contributed by atoms with E-state index in [2.05, 4.69) is 41.8 Å². The van der Waals surface area contributed by atoms with Crippen LogP contribution in [0.4, 0.5) is 4.79 Å². The highest BCUT2D eigenvalue weighted by Crippen LogP contribution is 2.56. The van der Waals surface area contributed by atoms with Gasteiger partial charge in [0.05, 0.1) is 16.1 Å². The van der Waals surface area contributed by atoms with Gasteiger partial charge in [0.25, 0.3) is 0 Å². The van der Waals surface area contributed by atoms with Crippen molar-refractivity contribution in [3.8, 4) is 0 Å². The molecule has 4 saturated heterocycles. The summed E-state index contributed by atoms with van der Waals surface area (Å²) in [4.78, 5) is 12.1. The maximum atomic E-state index is 12.1. The van der Waals surface area contributed by atoms with Gasteiger partial charge in [-0.15, -0.1) is 0 Å². The number of hydrogen-bond donors (Lipinski definition) is 1. The SMILES string of the molecule is C[C@@H]1[C@@H]2O[C@]3(NC(=O)OC(C)(C)C)[C@@H](C)[C@H]1O[C@H]2[C@@H]3I. The predicted molar refractivity (Wildman–Crippen MR) is 81.8 cm³/mol. The number of nitrogens with one attached hydrogen (secondary N) is 1. The quantitative estimate of drug-likeness (QED) is 0.548. The summed E-state index contributed by atoms with van der Waals surface area (Å²) in [7, 11) is 0. The lowest BCUT2D eigenvalue weighted by Gasteiger charge is -2.47. The summed E-state index contributed by atoms with van der Waals surface area (Å²) in [6.07, 6.45) is -0.116. The van der Waals surface area contributed by atoms with Crippen molar-refractivity contribution >= 4 is 28.7 Å². The molecule has 114 valence electrons. The lowest BCUT2D eigenvalue weighted by atomic mass is 9.83. The Morgan fingerprint density at radius 1 is 1.25 bits per heavy atom. The Morgan fingerprint density at radius 2 is 1.90 bits per heavy atom. The Balaban J connectivity index is 1.81. The van der Waals surface area contributed by atoms with Crippen LogP contribution in [-0.4, -0.2) is 39.7 Å². The summed E-state index contributed by atoms with van der Waals surface area (Å²) in [5, 5.41) is 2.99. The smallest absolute Gasteiger partial charge is 0.409 e. The number of halogens is 1. The highest BCUT2D eigenvalue weighted by molar-refractivity contribution is 14.1. The molecule has 20 heavy (non-hydrogen) atoms. The molecule has 4 bridgehead atoms. The minimum atomic E-state index is -0.659. The molecule has 5 nitrogen and oxygen atoms in total. The fraction of sp³-hybridized carbons (Fsp3) is 0.929. The maximum absolute atomic E-state index is 12.1. The molecule has 1 amide bonds. The standard InChI is InChI=1S/C14H22INO4/c1-6-8-7(2)14(16-12(17)20-13(3,4)5)11(15)10(18-8)9(6)19-14/h6-11H,1-5H3,(H,16,17)/t6-,7-,8-,9-,10+,11-,14+/m0/s1. The zero-order valence-electron chi connectivity index (χ0n) is 12.5. The van der Waals surface area contributed by atoms with Crippen LogP contribution in [0.5, 0.6) is 0 Å². The Morgan fingerprint density at radius 3 is 2.45 bits per heavy atom. The van der Waals surface area contributed by atoms with E-state index in [4.69, 9.17) is 14.2 Å². The van der Waals surface area contributed by atoms with Gasteiger partial charge in [-0.25, -0.2) is 4.79 Å². The van der Waals surface area contributed by atoms with Crippen LogP contribution in [0.1, 0.15) is 34.6 Å². The van der Waals surface area contributed by atoms with E-state index in [1.807, 2.05) is 20.8 Å². The molecule has 4 aliphatic rings. The van der Waals surface area contributed by atoms with Crippen molar-refractivity contribution in [3.63, 3.8) is 0 Å². The van der Waals surface area contributed by atoms with Crippen LogP contribution in [-0.2, 0) is 14.2 Å². The minimum Gasteiger partial charge on any atom is -0.444 e. The maximum Gasteiger partial charge on any atom is 0.409 e. The summed E-state index contributed by atoms with van der Waals surface area (Å²) in [6.45, 7) is 9.82. The van der Waals surface area contributed by atoms with Gasteiger partial charge in [0, 0.05) is 11.8 Å². The summed E-state index contributed by atoms with van der Waals surface area (Å²) in [5.41, 5.74) is -1.17. The van der Waals surface area contributed by atoms with E-state index in [-0.39, 0.29) is 28.2 Å². The normalized spacial score (nSPS) is 49.5. The predicted octanol–water partition coefficient (Wildman–Crippen LogP) is 2.46. The van der Waals surface area contributed by atoms with Crippen LogP contribution in [0.25, 0.3) is 0 Å². The molecule has 0 unspecified atom stereocenters. The van der Waals surface area contributed by atoms with Crippen molar-refractivity contribution in [3.05, 3.63) is 0 Å². The molecule has 0 spiro atoms. The van der Waals surface area contributed by atoms with Crippen molar-refractivity contribution in [2.45, 2.75) is 68.2 Å². The number of amides is 1. The van der Waals surface area contributed by atoms with E-state index in [1.54, 1.807) is 0 Å². The first kappa shape index (κ1) is 14.8. The first-order valence-electron chi connectivity index (χ1n) is 7.14. The lowest BCUT2D eigenvalue weighted by molar-refractivity contribution is -0.174. The second kappa shape index (κ2) is 4.46. The van der Waals surface area contributed by atoms with Gasteiger partial charge in [0.15, 0.2) is 5.72 Å². The Bertz CT molecular complexity index is 435. The third kappa shape index (κ3) is 1.98. The van der Waals surface area contributed by atoms with Crippen molar-refractivity contribution in [1.29, 1.82) is 0 Å². The molecule has 0 aromatic carbocycles. The van der Waals surface area contributed by atoms with E-state index in [0.717, 1.165) is 0 Å². The molecule has 0 saturated carbocycles. The summed E-state index contributed by atoms with van der Waals surface area (Å²) < 4.78 is 17.8. The first-order valence-corrected chi connectivity index (χ1v) is 8.39. The van der Waals surface area contributed by atoms with Crippen LogP contribution in [0.3, 0.4) is 0 Å². The van der Waals surface area contributed by atoms with E-state index < -0.39 is 17.4 Å². The Kier molecular flexibility index (Phi) is 3.31. The number of hydrogen-bond acceptors (Lipinski definition) is 4. The van der Waals surface area contributed by atoms with Crippen molar-refractivity contribution in [2.75, 3.05) is 0 Å². The van der Waals surface area contributed by atoms with Gasteiger partial charge in [0.2, 0.25) is 0 Å². The second-order valence-electron chi connectivity index (χ2n) is 7.12. The molecular weight excluding hydrogens is 373 g/mol. The molecule has 4 aliphatic heterocycles. The Labute approximate surface area is 133 Å².